The van der Waals surface area contributed by atoms with Crippen LogP contribution in [0.2, 0.25) is 0 Å². The molecular weight excluding hydrogens is 574 g/mol. The molecule has 1 aliphatic rings. The number of furan rings is 1. The summed E-state index contributed by atoms with van der Waals surface area (Å²) in [6.45, 7) is 10.9. The zero-order chi connectivity index (χ0) is 32.6. The molecule has 2 amide bonds. The SMILES string of the molecule is Cc1cccc(-c2cc(C(=O)[C@@H](Cc3ccccc3)C(=O)N3C(=O)OC(C)(C)[C@@H]3C(C)C)oc2CCCOCCOCCO)c1. The van der Waals surface area contributed by atoms with E-state index in [1.165, 1.54) is 0 Å². The molecule has 1 aliphatic heterocycles. The van der Waals surface area contributed by atoms with E-state index in [-0.39, 0.29) is 31.3 Å². The molecule has 9 nitrogen and oxygen atoms in total. The number of ketones is 1. The first-order valence-corrected chi connectivity index (χ1v) is 15.6. The number of aryl methyl sites for hydroxylation is 2. The van der Waals surface area contributed by atoms with Gasteiger partial charge in [-0.2, -0.15) is 0 Å². The molecule has 242 valence electrons. The lowest BCUT2D eigenvalue weighted by Gasteiger charge is -2.32. The van der Waals surface area contributed by atoms with E-state index < -0.39 is 35.3 Å². The molecule has 9 heteroatoms. The Balaban J connectivity index is 1.64. The molecule has 1 aromatic heterocycles. The summed E-state index contributed by atoms with van der Waals surface area (Å²) >= 11 is 0. The maximum Gasteiger partial charge on any atom is 0.417 e. The molecule has 0 saturated carbocycles. The first-order valence-electron chi connectivity index (χ1n) is 15.6. The second-order valence-electron chi connectivity index (χ2n) is 12.3. The van der Waals surface area contributed by atoms with Crippen molar-refractivity contribution < 1.29 is 38.1 Å². The highest BCUT2D eigenvalue weighted by molar-refractivity contribution is 6.12. The van der Waals surface area contributed by atoms with Crippen LogP contribution in [-0.4, -0.2) is 72.5 Å². The van der Waals surface area contributed by atoms with Gasteiger partial charge in [-0.25, -0.2) is 9.69 Å². The fourth-order valence-electron chi connectivity index (χ4n) is 6.08. The van der Waals surface area contributed by atoms with Crippen LogP contribution >= 0.6 is 0 Å². The lowest BCUT2D eigenvalue weighted by atomic mass is 9.86. The number of aliphatic hydroxyl groups excluding tert-OH is 1. The minimum atomic E-state index is -1.19. The van der Waals surface area contributed by atoms with Crippen LogP contribution in [0.15, 0.2) is 65.1 Å². The number of rotatable bonds is 16. The number of carbonyl (C=O) groups excluding carboxylic acids is 3. The number of cyclic esters (lactones) is 1. The minimum Gasteiger partial charge on any atom is -0.457 e. The van der Waals surface area contributed by atoms with Crippen LogP contribution in [0.4, 0.5) is 4.79 Å². The van der Waals surface area contributed by atoms with Crippen molar-refractivity contribution in [2.45, 2.75) is 65.5 Å². The Kier molecular flexibility index (Phi) is 11.7. The first kappa shape index (κ1) is 34.1. The van der Waals surface area contributed by atoms with Gasteiger partial charge in [0.05, 0.1) is 32.5 Å². The van der Waals surface area contributed by atoms with Crippen molar-refractivity contribution in [3.05, 3.63) is 83.3 Å². The molecule has 4 rings (SSSR count). The van der Waals surface area contributed by atoms with E-state index in [0.29, 0.717) is 38.4 Å². The van der Waals surface area contributed by atoms with Crippen LogP contribution in [0, 0.1) is 18.8 Å². The van der Waals surface area contributed by atoms with E-state index in [0.717, 1.165) is 27.2 Å². The topological polar surface area (TPSA) is 116 Å². The first-order chi connectivity index (χ1) is 21.5. The Hall–Kier alpha value is -3.79. The Morgan fingerprint density at radius 2 is 1.69 bits per heavy atom. The molecule has 3 aromatic rings. The molecule has 2 heterocycles. The third-order valence-electron chi connectivity index (χ3n) is 7.98. The molecule has 1 saturated heterocycles. The Labute approximate surface area is 265 Å². The van der Waals surface area contributed by atoms with Crippen molar-refractivity contribution in [1.29, 1.82) is 0 Å². The normalized spacial score (nSPS) is 16.6. The van der Waals surface area contributed by atoms with Crippen molar-refractivity contribution in [2.75, 3.05) is 33.0 Å². The summed E-state index contributed by atoms with van der Waals surface area (Å²) < 4.78 is 22.8. The second-order valence-corrected chi connectivity index (χ2v) is 12.3. The molecule has 2 aromatic carbocycles. The molecule has 0 aliphatic carbocycles. The second kappa shape index (κ2) is 15.5. The number of hydrogen-bond donors (Lipinski definition) is 1. The van der Waals surface area contributed by atoms with Gasteiger partial charge in [0.25, 0.3) is 0 Å². The fourth-order valence-corrected chi connectivity index (χ4v) is 6.08. The molecule has 0 spiro atoms. The standard InChI is InChI=1S/C36H45NO8/c1-24(2)33-36(4,5)45-35(41)37(33)34(40)29(22-26-12-7-6-8-13-26)32(39)31-23-28(27-14-9-11-25(3)21-27)30(44-31)15-10-17-42-19-20-43-18-16-38/h6-9,11-14,21,23-24,29,33,38H,10,15-20,22H2,1-5H3/t29-,33+/m1/s1. The van der Waals surface area contributed by atoms with E-state index in [1.807, 2.05) is 75.4 Å². The van der Waals surface area contributed by atoms with Crippen LogP contribution in [0.25, 0.3) is 11.1 Å². The maximum absolute atomic E-state index is 14.3. The molecule has 1 fully saturated rings. The average Bonchev–Trinajstić information content (AvgIpc) is 3.54. The van der Waals surface area contributed by atoms with Crippen LogP contribution < -0.4 is 0 Å². The zero-order valence-corrected chi connectivity index (χ0v) is 26.9. The van der Waals surface area contributed by atoms with Crippen molar-refractivity contribution in [3.63, 3.8) is 0 Å². The van der Waals surface area contributed by atoms with Gasteiger partial charge in [-0.1, -0.05) is 74.0 Å². The van der Waals surface area contributed by atoms with Gasteiger partial charge in [0.2, 0.25) is 11.7 Å². The van der Waals surface area contributed by atoms with E-state index >= 15 is 0 Å². The summed E-state index contributed by atoms with van der Waals surface area (Å²) in [5.41, 5.74) is 2.64. The zero-order valence-electron chi connectivity index (χ0n) is 26.9. The van der Waals surface area contributed by atoms with Gasteiger partial charge in [-0.05, 0) is 56.7 Å². The van der Waals surface area contributed by atoms with E-state index in [9.17, 15) is 14.4 Å². The highest BCUT2D eigenvalue weighted by Crippen LogP contribution is 2.37. The fraction of sp³-hybridized carbons (Fsp3) is 0.472. The lowest BCUT2D eigenvalue weighted by Crippen LogP contribution is -2.51. The summed E-state index contributed by atoms with van der Waals surface area (Å²) in [6.07, 6.45) is 0.511. The minimum absolute atomic E-state index is 0.0303. The third kappa shape index (κ3) is 8.48. The van der Waals surface area contributed by atoms with E-state index in [2.05, 4.69) is 0 Å². The van der Waals surface area contributed by atoms with Gasteiger partial charge < -0.3 is 23.7 Å². The highest BCUT2D eigenvalue weighted by atomic mass is 16.6. The number of benzene rings is 2. The number of imide groups is 1. The molecule has 2 atom stereocenters. The summed E-state index contributed by atoms with van der Waals surface area (Å²) in [4.78, 5) is 42.8. The largest absolute Gasteiger partial charge is 0.457 e. The number of Topliss-reactive ketones (excluding diaryl/α,β-unsaturated/α-hetero) is 1. The number of hydrogen-bond acceptors (Lipinski definition) is 8. The van der Waals surface area contributed by atoms with Crippen molar-refractivity contribution in [3.8, 4) is 11.1 Å². The van der Waals surface area contributed by atoms with Crippen LogP contribution in [-0.2, 0) is 31.8 Å². The Morgan fingerprint density at radius 1 is 0.978 bits per heavy atom. The maximum atomic E-state index is 14.3. The monoisotopic (exact) mass is 619 g/mol. The van der Waals surface area contributed by atoms with Crippen LogP contribution in [0.5, 0.6) is 0 Å². The highest BCUT2D eigenvalue weighted by Gasteiger charge is 2.54. The Morgan fingerprint density at radius 3 is 2.36 bits per heavy atom. The molecule has 45 heavy (non-hydrogen) atoms. The quantitative estimate of drug-likeness (QED) is 0.117. The van der Waals surface area contributed by atoms with Gasteiger partial charge in [-0.15, -0.1) is 0 Å². The molecule has 0 bridgehead atoms. The van der Waals surface area contributed by atoms with E-state index in [4.69, 9.17) is 23.7 Å². The average molecular weight is 620 g/mol. The molecule has 0 radical (unpaired) electrons. The molecule has 0 unspecified atom stereocenters. The number of nitrogens with zero attached hydrogens (tertiary/aromatic N) is 1. The van der Waals surface area contributed by atoms with Gasteiger partial charge in [0.1, 0.15) is 17.3 Å². The van der Waals surface area contributed by atoms with E-state index in [1.54, 1.807) is 19.9 Å². The van der Waals surface area contributed by atoms with Gasteiger partial charge in [0.15, 0.2) is 5.76 Å². The predicted octanol–water partition coefficient (Wildman–Crippen LogP) is 6.04. The number of ether oxygens (including phenoxy) is 3. The third-order valence-corrected chi connectivity index (χ3v) is 7.98. The predicted molar refractivity (Wildman–Crippen MR) is 170 cm³/mol. The van der Waals surface area contributed by atoms with Gasteiger partial charge in [-0.3, -0.25) is 9.59 Å². The van der Waals surface area contributed by atoms with Crippen LogP contribution in [0.1, 0.15) is 61.6 Å². The van der Waals surface area contributed by atoms with Crippen molar-refractivity contribution >= 4 is 17.8 Å². The van der Waals surface area contributed by atoms with Crippen LogP contribution in [0.3, 0.4) is 0 Å². The summed E-state index contributed by atoms with van der Waals surface area (Å²) in [7, 11) is 0. The number of amides is 2. The van der Waals surface area contributed by atoms with Gasteiger partial charge >= 0.3 is 6.09 Å². The lowest BCUT2D eigenvalue weighted by molar-refractivity contribution is -0.133. The summed E-state index contributed by atoms with van der Waals surface area (Å²) in [6, 6.07) is 18.4. The van der Waals surface area contributed by atoms with Crippen molar-refractivity contribution in [1.82, 2.24) is 4.90 Å². The summed E-state index contributed by atoms with van der Waals surface area (Å²) in [5.74, 6) is -1.67. The Bertz CT molecular complexity index is 1440. The molecular formula is C36H45NO8. The number of carbonyl (C=O) groups is 3. The number of aliphatic hydroxyl groups is 1. The van der Waals surface area contributed by atoms with Gasteiger partial charge in [0, 0.05) is 18.6 Å². The van der Waals surface area contributed by atoms with Crippen molar-refractivity contribution in [2.24, 2.45) is 11.8 Å². The smallest absolute Gasteiger partial charge is 0.417 e. The summed E-state index contributed by atoms with van der Waals surface area (Å²) in [5, 5.41) is 8.83. The molecule has 1 N–H and O–H groups in total.